The molecular formula is C18H25NO6. The maximum absolute atomic E-state index is 11.3. The van der Waals surface area contributed by atoms with Gasteiger partial charge < -0.3 is 29.7 Å². The highest BCUT2D eigenvalue weighted by atomic mass is 16.6. The minimum atomic E-state index is -1.31. The average Bonchev–Trinajstić information content (AvgIpc) is 2.59. The van der Waals surface area contributed by atoms with Gasteiger partial charge in [0.2, 0.25) is 5.91 Å². The molecule has 138 valence electrons. The maximum atomic E-state index is 11.3. The highest BCUT2D eigenvalue weighted by Crippen LogP contribution is 2.23. The third-order valence-electron chi connectivity index (χ3n) is 3.86. The summed E-state index contributed by atoms with van der Waals surface area (Å²) < 4.78 is 16.6. The van der Waals surface area contributed by atoms with Crippen LogP contribution in [-0.4, -0.2) is 60.0 Å². The zero-order valence-corrected chi connectivity index (χ0v) is 14.2. The lowest BCUT2D eigenvalue weighted by Crippen LogP contribution is -2.64. The number of amides is 1. The molecule has 0 bridgehead atoms. The Morgan fingerprint density at radius 3 is 2.72 bits per heavy atom. The molecular weight excluding hydrogens is 326 g/mol. The lowest BCUT2D eigenvalue weighted by molar-refractivity contribution is -0.263. The van der Waals surface area contributed by atoms with E-state index in [9.17, 15) is 15.0 Å². The summed E-state index contributed by atoms with van der Waals surface area (Å²) in [6.45, 7) is 5.49. The molecule has 5 atom stereocenters. The van der Waals surface area contributed by atoms with Crippen molar-refractivity contribution in [3.63, 3.8) is 0 Å². The summed E-state index contributed by atoms with van der Waals surface area (Å²) in [6, 6.07) is 8.71. The average molecular weight is 351 g/mol. The first kappa shape index (κ1) is 19.6. The summed E-state index contributed by atoms with van der Waals surface area (Å²) in [5, 5.41) is 23.3. The molecule has 0 unspecified atom stereocenters. The Balaban J connectivity index is 1.97. The van der Waals surface area contributed by atoms with E-state index in [0.717, 1.165) is 5.56 Å². The second-order valence-electron chi connectivity index (χ2n) is 5.87. The van der Waals surface area contributed by atoms with Gasteiger partial charge in [0.25, 0.3) is 0 Å². The fraction of sp³-hybridized carbons (Fsp3) is 0.500. The van der Waals surface area contributed by atoms with Gasteiger partial charge in [-0.05, 0) is 5.56 Å². The lowest BCUT2D eigenvalue weighted by Gasteiger charge is -2.42. The van der Waals surface area contributed by atoms with Crippen LogP contribution in [0, 0.1) is 0 Å². The molecule has 0 aromatic heterocycles. The van der Waals surface area contributed by atoms with Crippen LogP contribution in [0.2, 0.25) is 0 Å². The molecule has 7 nitrogen and oxygen atoms in total. The fourth-order valence-corrected chi connectivity index (χ4v) is 2.71. The third kappa shape index (κ3) is 5.62. The van der Waals surface area contributed by atoms with Crippen molar-refractivity contribution in [2.24, 2.45) is 0 Å². The first-order chi connectivity index (χ1) is 12.0. The number of carbonyl (C=O) groups is 1. The van der Waals surface area contributed by atoms with E-state index in [1.54, 1.807) is 0 Å². The van der Waals surface area contributed by atoms with E-state index < -0.39 is 30.6 Å². The maximum Gasteiger partial charge on any atom is 0.217 e. The number of benzene rings is 1. The van der Waals surface area contributed by atoms with Crippen LogP contribution >= 0.6 is 0 Å². The molecule has 2 rings (SSSR count). The first-order valence-electron chi connectivity index (χ1n) is 8.15. The number of ether oxygens (including phenoxy) is 3. The number of aliphatic hydroxyl groups is 2. The van der Waals surface area contributed by atoms with Gasteiger partial charge in [-0.1, -0.05) is 36.4 Å². The summed E-state index contributed by atoms with van der Waals surface area (Å²) in [4.78, 5) is 11.3. The van der Waals surface area contributed by atoms with E-state index in [0.29, 0.717) is 6.61 Å². The minimum absolute atomic E-state index is 0.0772. The van der Waals surface area contributed by atoms with Crippen molar-refractivity contribution >= 4 is 5.91 Å². The van der Waals surface area contributed by atoms with Crippen molar-refractivity contribution in [3.8, 4) is 0 Å². The molecule has 25 heavy (non-hydrogen) atoms. The van der Waals surface area contributed by atoms with Gasteiger partial charge in [0.15, 0.2) is 6.29 Å². The van der Waals surface area contributed by atoms with Crippen LogP contribution in [-0.2, 0) is 25.6 Å². The zero-order valence-electron chi connectivity index (χ0n) is 14.2. The summed E-state index contributed by atoms with van der Waals surface area (Å²) in [5.74, 6) is -0.356. The van der Waals surface area contributed by atoms with E-state index in [1.807, 2.05) is 30.3 Å². The number of rotatable bonds is 8. The van der Waals surface area contributed by atoms with E-state index in [-0.39, 0.29) is 19.1 Å². The van der Waals surface area contributed by atoms with E-state index in [1.165, 1.54) is 13.0 Å². The monoisotopic (exact) mass is 351 g/mol. The molecule has 1 aliphatic heterocycles. The Morgan fingerprint density at radius 1 is 1.36 bits per heavy atom. The largest absolute Gasteiger partial charge is 0.388 e. The van der Waals surface area contributed by atoms with Gasteiger partial charge in [-0.2, -0.15) is 0 Å². The smallest absolute Gasteiger partial charge is 0.217 e. The standard InChI is InChI=1S/C18H25NO6/c1-3-9-24-17-15(19-12(2)20)18(22)25-14(16(17)21)11-23-10-13-7-5-4-6-8-13/h3-8,14-18,21-22H,1,9-11H2,2H3,(H,19,20)/t14-,15-,16+,17-,18+/m1/s1. The van der Waals surface area contributed by atoms with Crippen molar-refractivity contribution in [1.82, 2.24) is 5.32 Å². The van der Waals surface area contributed by atoms with Gasteiger partial charge in [0, 0.05) is 6.92 Å². The minimum Gasteiger partial charge on any atom is -0.388 e. The zero-order chi connectivity index (χ0) is 18.2. The van der Waals surface area contributed by atoms with Crippen LogP contribution < -0.4 is 5.32 Å². The molecule has 0 radical (unpaired) electrons. The summed E-state index contributed by atoms with van der Waals surface area (Å²) in [7, 11) is 0. The van der Waals surface area contributed by atoms with Gasteiger partial charge in [0.05, 0.1) is 19.8 Å². The molecule has 1 aliphatic rings. The molecule has 1 amide bonds. The predicted octanol–water partition coefficient (Wildman–Crippen LogP) is 0.357. The molecule has 0 saturated carbocycles. The van der Waals surface area contributed by atoms with Crippen molar-refractivity contribution in [2.45, 2.75) is 44.2 Å². The van der Waals surface area contributed by atoms with Gasteiger partial charge in [-0.3, -0.25) is 4.79 Å². The first-order valence-corrected chi connectivity index (χ1v) is 8.15. The second-order valence-corrected chi connectivity index (χ2v) is 5.87. The predicted molar refractivity (Wildman–Crippen MR) is 90.5 cm³/mol. The van der Waals surface area contributed by atoms with Crippen LogP contribution in [0.4, 0.5) is 0 Å². The van der Waals surface area contributed by atoms with Crippen LogP contribution in [0.5, 0.6) is 0 Å². The second kappa shape index (κ2) is 9.65. The van der Waals surface area contributed by atoms with Crippen LogP contribution in [0.1, 0.15) is 12.5 Å². The van der Waals surface area contributed by atoms with E-state index in [2.05, 4.69) is 11.9 Å². The fourth-order valence-electron chi connectivity index (χ4n) is 2.71. The molecule has 3 N–H and O–H groups in total. The Bertz CT molecular complexity index is 552. The summed E-state index contributed by atoms with van der Waals surface area (Å²) >= 11 is 0. The van der Waals surface area contributed by atoms with E-state index >= 15 is 0 Å². The Labute approximate surface area is 147 Å². The molecule has 1 aromatic rings. The number of aliphatic hydroxyl groups excluding tert-OH is 2. The molecule has 1 heterocycles. The summed E-state index contributed by atoms with van der Waals surface area (Å²) in [6.07, 6.45) is -2.47. The van der Waals surface area contributed by atoms with Crippen molar-refractivity contribution in [3.05, 3.63) is 48.6 Å². The molecule has 1 fully saturated rings. The molecule has 0 aliphatic carbocycles. The number of nitrogens with one attached hydrogen (secondary N) is 1. The highest BCUT2D eigenvalue weighted by molar-refractivity contribution is 5.73. The molecule has 7 heteroatoms. The molecule has 1 aromatic carbocycles. The molecule has 0 spiro atoms. The highest BCUT2D eigenvalue weighted by Gasteiger charge is 2.45. The van der Waals surface area contributed by atoms with E-state index in [4.69, 9.17) is 14.2 Å². The van der Waals surface area contributed by atoms with Gasteiger partial charge in [0.1, 0.15) is 24.4 Å². The molecule has 1 saturated heterocycles. The van der Waals surface area contributed by atoms with Crippen LogP contribution in [0.15, 0.2) is 43.0 Å². The van der Waals surface area contributed by atoms with Crippen LogP contribution in [0.3, 0.4) is 0 Å². The quantitative estimate of drug-likeness (QED) is 0.585. The number of hydrogen-bond donors (Lipinski definition) is 3. The Kier molecular flexibility index (Phi) is 7.54. The Hall–Kier alpha value is -1.77. The van der Waals surface area contributed by atoms with Gasteiger partial charge in [-0.25, -0.2) is 0 Å². The van der Waals surface area contributed by atoms with Crippen molar-refractivity contribution in [2.75, 3.05) is 13.2 Å². The SMILES string of the molecule is C=CCO[C@H]1[C@@H](O)[C@@H](COCc2ccccc2)O[C@H](O)[C@@H]1NC(C)=O. The third-order valence-corrected chi connectivity index (χ3v) is 3.86. The normalized spacial score (nSPS) is 29.2. The van der Waals surface area contributed by atoms with Crippen LogP contribution in [0.25, 0.3) is 0 Å². The van der Waals surface area contributed by atoms with Crippen molar-refractivity contribution < 1.29 is 29.2 Å². The van der Waals surface area contributed by atoms with Gasteiger partial charge >= 0.3 is 0 Å². The Morgan fingerprint density at radius 2 is 2.08 bits per heavy atom. The lowest BCUT2D eigenvalue weighted by atomic mass is 9.96. The van der Waals surface area contributed by atoms with Crippen molar-refractivity contribution in [1.29, 1.82) is 0 Å². The number of hydrogen-bond acceptors (Lipinski definition) is 6. The number of carbonyl (C=O) groups excluding carboxylic acids is 1. The topological polar surface area (TPSA) is 97.2 Å². The van der Waals surface area contributed by atoms with Gasteiger partial charge in [-0.15, -0.1) is 6.58 Å². The summed E-state index contributed by atoms with van der Waals surface area (Å²) in [5.41, 5.74) is 0.990.